The van der Waals surface area contributed by atoms with Gasteiger partial charge in [0.1, 0.15) is 10.8 Å². The zero-order chi connectivity index (χ0) is 22.8. The van der Waals surface area contributed by atoms with Gasteiger partial charge in [-0.15, -0.1) is 11.3 Å². The summed E-state index contributed by atoms with van der Waals surface area (Å²) in [5.74, 6) is -0.681. The third-order valence-electron chi connectivity index (χ3n) is 6.01. The van der Waals surface area contributed by atoms with Gasteiger partial charge in [-0.1, -0.05) is 6.07 Å². The highest BCUT2D eigenvalue weighted by molar-refractivity contribution is 7.17. The number of nitrogens with zero attached hydrogens (tertiary/aromatic N) is 1. The molecule has 1 N–H and O–H groups in total. The van der Waals surface area contributed by atoms with Crippen molar-refractivity contribution >= 4 is 39.8 Å². The molecule has 170 valence electrons. The molecule has 1 aliphatic heterocycles. The zero-order valence-corrected chi connectivity index (χ0v) is 19.5. The molecule has 7 nitrogen and oxygen atoms in total. The maximum Gasteiger partial charge on any atom is 0.341 e. The fourth-order valence-electron chi connectivity index (χ4n) is 4.41. The molecule has 1 atom stereocenters. The van der Waals surface area contributed by atoms with Crippen molar-refractivity contribution in [1.82, 2.24) is 0 Å². The normalized spacial score (nSPS) is 17.8. The van der Waals surface area contributed by atoms with E-state index < -0.39 is 11.9 Å². The van der Waals surface area contributed by atoms with Crippen LogP contribution in [0.4, 0.5) is 10.7 Å². The van der Waals surface area contributed by atoms with Crippen LogP contribution in [0.3, 0.4) is 0 Å². The molecule has 2 aromatic rings. The highest BCUT2D eigenvalue weighted by atomic mass is 32.1. The smallest absolute Gasteiger partial charge is 0.341 e. The third kappa shape index (κ3) is 4.24. The number of hydrogen-bond donors (Lipinski definition) is 1. The van der Waals surface area contributed by atoms with Gasteiger partial charge in [0.2, 0.25) is 11.8 Å². The highest BCUT2D eigenvalue weighted by Gasteiger charge is 2.37. The minimum Gasteiger partial charge on any atom is -0.495 e. The van der Waals surface area contributed by atoms with Crippen molar-refractivity contribution < 1.29 is 23.9 Å². The predicted octanol–water partition coefficient (Wildman–Crippen LogP) is 4.11. The van der Waals surface area contributed by atoms with Crippen LogP contribution in [-0.4, -0.2) is 38.0 Å². The Balaban J connectivity index is 1.55. The number of amides is 2. The lowest BCUT2D eigenvalue weighted by Crippen LogP contribution is -2.28. The second-order valence-corrected chi connectivity index (χ2v) is 9.31. The van der Waals surface area contributed by atoms with Gasteiger partial charge in [0.15, 0.2) is 0 Å². The quantitative estimate of drug-likeness (QED) is 0.661. The highest BCUT2D eigenvalue weighted by Crippen LogP contribution is 2.39. The van der Waals surface area contributed by atoms with Gasteiger partial charge in [-0.25, -0.2) is 4.79 Å². The topological polar surface area (TPSA) is 84.9 Å². The van der Waals surface area contributed by atoms with E-state index in [1.807, 2.05) is 25.1 Å². The van der Waals surface area contributed by atoms with Crippen molar-refractivity contribution in [3.05, 3.63) is 39.8 Å². The molecule has 0 saturated carbocycles. The average Bonchev–Trinajstić information content (AvgIpc) is 3.34. The van der Waals surface area contributed by atoms with E-state index in [0.717, 1.165) is 41.7 Å². The Morgan fingerprint density at radius 1 is 1.25 bits per heavy atom. The van der Waals surface area contributed by atoms with E-state index in [-0.39, 0.29) is 31.4 Å². The van der Waals surface area contributed by atoms with Crippen LogP contribution in [-0.2, 0) is 27.2 Å². The molecule has 1 aliphatic carbocycles. The standard InChI is InChI=1S/C24H28N2O5S/c1-4-31-24(29)21-16-7-5-6-8-19(16)32-23(21)25-22(28)15-12-20(27)26(13-15)17-11-14(2)9-10-18(17)30-3/h9-11,15H,4-8,12-13H2,1-3H3,(H,25,28). The predicted molar refractivity (Wildman–Crippen MR) is 124 cm³/mol. The number of fused-ring (bicyclic) bond motifs is 1. The van der Waals surface area contributed by atoms with Crippen LogP contribution >= 0.6 is 11.3 Å². The summed E-state index contributed by atoms with van der Waals surface area (Å²) >= 11 is 1.46. The molecule has 0 bridgehead atoms. The lowest BCUT2D eigenvalue weighted by atomic mass is 9.95. The molecule has 1 aromatic carbocycles. The monoisotopic (exact) mass is 456 g/mol. The number of hydrogen-bond acceptors (Lipinski definition) is 6. The van der Waals surface area contributed by atoms with Crippen molar-refractivity contribution in [1.29, 1.82) is 0 Å². The molecular formula is C24H28N2O5S. The van der Waals surface area contributed by atoms with Gasteiger partial charge < -0.3 is 19.7 Å². The fourth-order valence-corrected chi connectivity index (χ4v) is 5.69. The summed E-state index contributed by atoms with van der Waals surface area (Å²) in [7, 11) is 1.56. The molecule has 2 heterocycles. The minimum absolute atomic E-state index is 0.114. The van der Waals surface area contributed by atoms with Crippen molar-refractivity contribution in [3.8, 4) is 5.75 Å². The number of nitrogens with one attached hydrogen (secondary N) is 1. The summed E-state index contributed by atoms with van der Waals surface area (Å²) in [5.41, 5.74) is 3.17. The fraction of sp³-hybridized carbons (Fsp3) is 0.458. The van der Waals surface area contributed by atoms with Crippen LogP contribution in [0, 0.1) is 12.8 Å². The zero-order valence-electron chi connectivity index (χ0n) is 18.7. The van der Waals surface area contributed by atoms with Crippen LogP contribution < -0.4 is 15.0 Å². The first-order chi connectivity index (χ1) is 15.4. The summed E-state index contributed by atoms with van der Waals surface area (Å²) in [6.07, 6.45) is 3.94. The summed E-state index contributed by atoms with van der Waals surface area (Å²) in [6.45, 7) is 4.27. The number of esters is 1. The Morgan fingerprint density at radius 2 is 2.03 bits per heavy atom. The first kappa shape index (κ1) is 22.3. The third-order valence-corrected chi connectivity index (χ3v) is 7.22. The van der Waals surface area contributed by atoms with E-state index in [1.54, 1.807) is 18.9 Å². The van der Waals surface area contributed by atoms with Crippen LogP contribution in [0.25, 0.3) is 0 Å². The van der Waals surface area contributed by atoms with Crippen LogP contribution in [0.15, 0.2) is 18.2 Å². The molecule has 4 rings (SSSR count). The van der Waals surface area contributed by atoms with E-state index >= 15 is 0 Å². The molecule has 0 radical (unpaired) electrons. The molecule has 32 heavy (non-hydrogen) atoms. The maximum absolute atomic E-state index is 13.1. The number of benzene rings is 1. The van der Waals surface area contributed by atoms with E-state index in [1.165, 1.54) is 11.3 Å². The summed E-state index contributed by atoms with van der Waals surface area (Å²) < 4.78 is 10.7. The number of carbonyl (C=O) groups excluding carboxylic acids is 3. The van der Waals surface area contributed by atoms with E-state index in [2.05, 4.69) is 5.32 Å². The largest absolute Gasteiger partial charge is 0.495 e. The van der Waals surface area contributed by atoms with Gasteiger partial charge in [0.05, 0.1) is 30.9 Å². The summed E-state index contributed by atoms with van der Waals surface area (Å²) in [6, 6.07) is 5.64. The van der Waals surface area contributed by atoms with Crippen molar-refractivity contribution in [2.75, 3.05) is 30.5 Å². The van der Waals surface area contributed by atoms with Crippen LogP contribution in [0.5, 0.6) is 5.75 Å². The number of anilines is 2. The van der Waals surface area contributed by atoms with Gasteiger partial charge in [-0.2, -0.15) is 0 Å². The second kappa shape index (κ2) is 9.32. The maximum atomic E-state index is 13.1. The second-order valence-electron chi connectivity index (χ2n) is 8.21. The van der Waals surface area contributed by atoms with Crippen molar-refractivity contribution in [2.45, 2.75) is 46.0 Å². The molecule has 1 saturated heterocycles. The molecule has 0 spiro atoms. The Bertz CT molecular complexity index is 1060. The van der Waals surface area contributed by atoms with E-state index in [0.29, 0.717) is 22.0 Å². The van der Waals surface area contributed by atoms with Gasteiger partial charge in [0, 0.05) is 17.8 Å². The Morgan fingerprint density at radius 3 is 2.78 bits per heavy atom. The Hall–Kier alpha value is -2.87. The summed E-state index contributed by atoms with van der Waals surface area (Å²) in [5, 5.41) is 3.49. The van der Waals surface area contributed by atoms with Gasteiger partial charge in [-0.05, 0) is 62.8 Å². The first-order valence-electron chi connectivity index (χ1n) is 11.0. The number of methoxy groups -OCH3 is 1. The van der Waals surface area contributed by atoms with Crippen LogP contribution in [0.1, 0.15) is 52.5 Å². The van der Waals surface area contributed by atoms with E-state index in [4.69, 9.17) is 9.47 Å². The molecule has 2 amide bonds. The number of aryl methyl sites for hydroxylation is 2. The Kier molecular flexibility index (Phi) is 6.50. The van der Waals surface area contributed by atoms with E-state index in [9.17, 15) is 14.4 Å². The number of carbonyl (C=O) groups is 3. The van der Waals surface area contributed by atoms with Gasteiger partial charge in [-0.3, -0.25) is 9.59 Å². The molecule has 2 aliphatic rings. The number of rotatable bonds is 6. The Labute approximate surface area is 191 Å². The number of ether oxygens (including phenoxy) is 2. The van der Waals surface area contributed by atoms with Gasteiger partial charge >= 0.3 is 5.97 Å². The van der Waals surface area contributed by atoms with Crippen LogP contribution in [0.2, 0.25) is 0 Å². The lowest BCUT2D eigenvalue weighted by molar-refractivity contribution is -0.122. The average molecular weight is 457 g/mol. The molecule has 1 aromatic heterocycles. The minimum atomic E-state index is -0.512. The molecular weight excluding hydrogens is 428 g/mol. The van der Waals surface area contributed by atoms with Gasteiger partial charge in [0.25, 0.3) is 0 Å². The lowest BCUT2D eigenvalue weighted by Gasteiger charge is -2.20. The van der Waals surface area contributed by atoms with Crippen molar-refractivity contribution in [2.24, 2.45) is 5.92 Å². The molecule has 8 heteroatoms. The number of thiophene rings is 1. The summed E-state index contributed by atoms with van der Waals surface area (Å²) in [4.78, 5) is 41.3. The molecule has 1 unspecified atom stereocenters. The first-order valence-corrected chi connectivity index (χ1v) is 11.8. The van der Waals surface area contributed by atoms with Crippen molar-refractivity contribution in [3.63, 3.8) is 0 Å². The SMILES string of the molecule is CCOC(=O)c1c(NC(=O)C2CC(=O)N(c3cc(C)ccc3OC)C2)sc2c1CCCC2. The molecule has 1 fully saturated rings.